The van der Waals surface area contributed by atoms with Crippen molar-refractivity contribution in [1.29, 1.82) is 0 Å². The van der Waals surface area contributed by atoms with Crippen LogP contribution in [0.2, 0.25) is 5.02 Å². The van der Waals surface area contributed by atoms with Gasteiger partial charge in [-0.15, -0.1) is 0 Å². The van der Waals surface area contributed by atoms with Crippen LogP contribution in [0.1, 0.15) is 15.9 Å². The molecule has 0 N–H and O–H groups in total. The van der Waals surface area contributed by atoms with Crippen molar-refractivity contribution < 1.29 is 4.79 Å². The fourth-order valence-electron chi connectivity index (χ4n) is 2.21. The van der Waals surface area contributed by atoms with E-state index in [2.05, 4.69) is 0 Å². The van der Waals surface area contributed by atoms with Crippen molar-refractivity contribution in [3.8, 4) is 0 Å². The van der Waals surface area contributed by atoms with Gasteiger partial charge in [-0.3, -0.25) is 4.79 Å². The fourth-order valence-corrected chi connectivity index (χ4v) is 2.40. The van der Waals surface area contributed by atoms with Crippen molar-refractivity contribution in [2.45, 2.75) is 0 Å². The van der Waals surface area contributed by atoms with Crippen molar-refractivity contribution in [3.05, 3.63) is 82.9 Å². The standard InChI is InChI=1S/C17H11ClO/c18-14-8-3-7-13(11-14)17(19)16-10-4-6-12-5-1-2-9-15(12)16/h1-11H. The Bertz CT molecular complexity index is 757. The van der Waals surface area contributed by atoms with Crippen LogP contribution in [0.15, 0.2) is 66.7 Å². The lowest BCUT2D eigenvalue weighted by Gasteiger charge is -2.06. The molecule has 0 aromatic heterocycles. The first kappa shape index (κ1) is 11.9. The molecule has 0 saturated carbocycles. The molecule has 0 heterocycles. The van der Waals surface area contributed by atoms with Crippen LogP contribution >= 0.6 is 11.6 Å². The van der Waals surface area contributed by atoms with Crippen molar-refractivity contribution in [2.24, 2.45) is 0 Å². The van der Waals surface area contributed by atoms with Gasteiger partial charge >= 0.3 is 0 Å². The fraction of sp³-hybridized carbons (Fsp3) is 0. The molecule has 0 aliphatic carbocycles. The summed E-state index contributed by atoms with van der Waals surface area (Å²) in [5, 5.41) is 2.61. The maximum Gasteiger partial charge on any atom is 0.193 e. The summed E-state index contributed by atoms with van der Waals surface area (Å²) in [5.74, 6) is -0.000648. The molecule has 3 rings (SSSR count). The first-order valence-corrected chi connectivity index (χ1v) is 6.41. The highest BCUT2D eigenvalue weighted by molar-refractivity contribution is 6.31. The summed E-state index contributed by atoms with van der Waals surface area (Å²) in [7, 11) is 0. The zero-order valence-electron chi connectivity index (χ0n) is 10.1. The molecule has 92 valence electrons. The molecule has 19 heavy (non-hydrogen) atoms. The van der Waals surface area contributed by atoms with Gasteiger partial charge in [0.25, 0.3) is 0 Å². The summed E-state index contributed by atoms with van der Waals surface area (Å²) in [4.78, 5) is 12.6. The number of rotatable bonds is 2. The zero-order valence-corrected chi connectivity index (χ0v) is 10.9. The third kappa shape index (κ3) is 2.25. The van der Waals surface area contributed by atoms with Gasteiger partial charge in [-0.1, -0.05) is 66.2 Å². The molecule has 2 heteroatoms. The minimum Gasteiger partial charge on any atom is -0.289 e. The third-order valence-corrected chi connectivity index (χ3v) is 3.36. The number of ketones is 1. The SMILES string of the molecule is O=C(c1cccc(Cl)c1)c1cccc2ccccc12. The van der Waals surface area contributed by atoms with Crippen molar-refractivity contribution >= 4 is 28.2 Å². The lowest BCUT2D eigenvalue weighted by atomic mass is 9.97. The number of hydrogen-bond acceptors (Lipinski definition) is 1. The van der Waals surface area contributed by atoms with Gasteiger partial charge in [0.15, 0.2) is 5.78 Å². The van der Waals surface area contributed by atoms with Gasteiger partial charge in [-0.05, 0) is 22.9 Å². The minimum absolute atomic E-state index is 0.000648. The molecule has 0 aliphatic rings. The second-order valence-electron chi connectivity index (χ2n) is 4.37. The van der Waals surface area contributed by atoms with Crippen LogP contribution in [0, 0.1) is 0 Å². The number of halogens is 1. The van der Waals surface area contributed by atoms with Crippen LogP contribution in [0.4, 0.5) is 0 Å². The molecular formula is C17H11ClO. The van der Waals surface area contributed by atoms with Crippen LogP contribution in [0.5, 0.6) is 0 Å². The normalized spacial score (nSPS) is 10.6. The predicted molar refractivity (Wildman–Crippen MR) is 78.8 cm³/mol. The Balaban J connectivity index is 2.17. The molecule has 0 radical (unpaired) electrons. The van der Waals surface area contributed by atoms with E-state index in [-0.39, 0.29) is 5.78 Å². The average Bonchev–Trinajstić information content (AvgIpc) is 2.46. The second-order valence-corrected chi connectivity index (χ2v) is 4.80. The molecule has 0 atom stereocenters. The predicted octanol–water partition coefficient (Wildman–Crippen LogP) is 4.72. The van der Waals surface area contributed by atoms with E-state index in [1.165, 1.54) is 0 Å². The molecule has 0 saturated heterocycles. The molecule has 0 bridgehead atoms. The van der Waals surface area contributed by atoms with Gasteiger partial charge in [0, 0.05) is 16.1 Å². The maximum atomic E-state index is 12.6. The summed E-state index contributed by atoms with van der Waals surface area (Å²) in [6, 6.07) is 20.7. The second kappa shape index (κ2) is 4.87. The van der Waals surface area contributed by atoms with Crippen LogP contribution in [0.25, 0.3) is 10.8 Å². The Labute approximate surface area is 116 Å². The average molecular weight is 267 g/mol. The van der Waals surface area contributed by atoms with Crippen LogP contribution in [-0.2, 0) is 0 Å². The number of hydrogen-bond donors (Lipinski definition) is 0. The molecule has 1 nitrogen and oxygen atoms in total. The van der Waals surface area contributed by atoms with E-state index in [0.29, 0.717) is 16.1 Å². The quantitative estimate of drug-likeness (QED) is 0.613. The van der Waals surface area contributed by atoms with E-state index in [0.717, 1.165) is 10.8 Å². The Hall–Kier alpha value is -2.12. The first-order valence-electron chi connectivity index (χ1n) is 6.04. The molecule has 0 unspecified atom stereocenters. The number of fused-ring (bicyclic) bond motifs is 1. The van der Waals surface area contributed by atoms with Crippen molar-refractivity contribution in [3.63, 3.8) is 0 Å². The molecule has 0 fully saturated rings. The van der Waals surface area contributed by atoms with E-state index in [4.69, 9.17) is 11.6 Å². The number of carbonyl (C=O) groups is 1. The molecule has 0 aliphatic heterocycles. The lowest BCUT2D eigenvalue weighted by Crippen LogP contribution is -2.01. The van der Waals surface area contributed by atoms with Gasteiger partial charge in [-0.25, -0.2) is 0 Å². The van der Waals surface area contributed by atoms with E-state index in [1.807, 2.05) is 42.5 Å². The van der Waals surface area contributed by atoms with E-state index in [9.17, 15) is 4.79 Å². The summed E-state index contributed by atoms with van der Waals surface area (Å²) in [6.07, 6.45) is 0. The Morgan fingerprint density at radius 1 is 0.842 bits per heavy atom. The minimum atomic E-state index is -0.000648. The molecule has 3 aromatic rings. The number of carbonyl (C=O) groups excluding carboxylic acids is 1. The van der Waals surface area contributed by atoms with Gasteiger partial charge in [0.05, 0.1) is 0 Å². The first-order chi connectivity index (χ1) is 9.25. The van der Waals surface area contributed by atoms with Gasteiger partial charge in [0.1, 0.15) is 0 Å². The van der Waals surface area contributed by atoms with E-state index in [1.54, 1.807) is 24.3 Å². The highest BCUT2D eigenvalue weighted by Crippen LogP contribution is 2.22. The lowest BCUT2D eigenvalue weighted by molar-refractivity contribution is 0.104. The summed E-state index contributed by atoms with van der Waals surface area (Å²) in [5.41, 5.74) is 1.32. The van der Waals surface area contributed by atoms with Gasteiger partial charge in [-0.2, -0.15) is 0 Å². The number of benzene rings is 3. The van der Waals surface area contributed by atoms with E-state index >= 15 is 0 Å². The molecule has 3 aromatic carbocycles. The Kier molecular flexibility index (Phi) is 3.06. The molecule has 0 amide bonds. The van der Waals surface area contributed by atoms with Crippen LogP contribution in [0.3, 0.4) is 0 Å². The van der Waals surface area contributed by atoms with Gasteiger partial charge < -0.3 is 0 Å². The summed E-state index contributed by atoms with van der Waals surface area (Å²) >= 11 is 5.94. The van der Waals surface area contributed by atoms with Gasteiger partial charge in [0.2, 0.25) is 0 Å². The highest BCUT2D eigenvalue weighted by Gasteiger charge is 2.12. The van der Waals surface area contributed by atoms with E-state index < -0.39 is 0 Å². The maximum absolute atomic E-state index is 12.6. The van der Waals surface area contributed by atoms with Crippen LogP contribution in [-0.4, -0.2) is 5.78 Å². The third-order valence-electron chi connectivity index (χ3n) is 3.12. The smallest absolute Gasteiger partial charge is 0.193 e. The van der Waals surface area contributed by atoms with Crippen LogP contribution < -0.4 is 0 Å². The molecular weight excluding hydrogens is 256 g/mol. The highest BCUT2D eigenvalue weighted by atomic mass is 35.5. The van der Waals surface area contributed by atoms with Crippen molar-refractivity contribution in [1.82, 2.24) is 0 Å². The Morgan fingerprint density at radius 2 is 1.58 bits per heavy atom. The molecule has 0 spiro atoms. The Morgan fingerprint density at radius 3 is 2.42 bits per heavy atom. The summed E-state index contributed by atoms with van der Waals surface area (Å²) in [6.45, 7) is 0. The summed E-state index contributed by atoms with van der Waals surface area (Å²) < 4.78 is 0. The largest absolute Gasteiger partial charge is 0.289 e. The monoisotopic (exact) mass is 266 g/mol. The topological polar surface area (TPSA) is 17.1 Å². The van der Waals surface area contributed by atoms with Crippen molar-refractivity contribution in [2.75, 3.05) is 0 Å². The zero-order chi connectivity index (χ0) is 13.2.